The predicted molar refractivity (Wildman–Crippen MR) is 124 cm³/mol. The largest absolute Gasteiger partial charge is 0.493 e. The van der Waals surface area contributed by atoms with E-state index >= 15 is 0 Å². The van der Waals surface area contributed by atoms with Gasteiger partial charge in [0.05, 0.1) is 18.6 Å². The van der Waals surface area contributed by atoms with Crippen molar-refractivity contribution in [1.82, 2.24) is 4.90 Å². The van der Waals surface area contributed by atoms with Crippen molar-refractivity contribution in [2.45, 2.75) is 30.5 Å². The summed E-state index contributed by atoms with van der Waals surface area (Å²) >= 11 is 0. The van der Waals surface area contributed by atoms with Gasteiger partial charge < -0.3 is 18.8 Å². The molecule has 8 heteroatoms. The third-order valence-corrected chi connectivity index (χ3v) is 7.73. The molecule has 0 radical (unpaired) electrons. The topological polar surface area (TPSA) is 86.0 Å². The molecule has 1 aromatic heterocycles. The molecule has 2 aromatic carbocycles. The quantitative estimate of drug-likeness (QED) is 0.451. The van der Waals surface area contributed by atoms with Crippen LogP contribution in [0.1, 0.15) is 23.3 Å². The van der Waals surface area contributed by atoms with Crippen LogP contribution in [-0.4, -0.2) is 44.7 Å². The number of amides is 1. The Kier molecular flexibility index (Phi) is 7.03. The van der Waals surface area contributed by atoms with Gasteiger partial charge in [-0.2, -0.15) is 0 Å². The highest BCUT2D eigenvalue weighted by Gasteiger charge is 2.39. The molecule has 3 aromatic rings. The van der Waals surface area contributed by atoms with Crippen LogP contribution in [0.5, 0.6) is 11.5 Å². The Morgan fingerprint density at radius 2 is 1.82 bits per heavy atom. The summed E-state index contributed by atoms with van der Waals surface area (Å²) in [6.07, 6.45) is 2.29. The molecule has 1 fully saturated rings. The Labute approximate surface area is 193 Å². The minimum Gasteiger partial charge on any atom is -0.493 e. The summed E-state index contributed by atoms with van der Waals surface area (Å²) < 4.78 is 41.4. The van der Waals surface area contributed by atoms with E-state index in [1.165, 1.54) is 6.26 Å². The molecule has 33 heavy (non-hydrogen) atoms. The second-order valence-electron chi connectivity index (χ2n) is 8.07. The average Bonchev–Trinajstić information content (AvgIpc) is 3.28. The van der Waals surface area contributed by atoms with Gasteiger partial charge in [0, 0.05) is 19.5 Å². The Morgan fingerprint density at radius 1 is 1.03 bits per heavy atom. The van der Waals surface area contributed by atoms with Crippen LogP contribution >= 0.6 is 0 Å². The van der Waals surface area contributed by atoms with Gasteiger partial charge in [-0.3, -0.25) is 4.79 Å². The number of nitrogens with zero attached hydrogens (tertiary/aromatic N) is 1. The highest BCUT2D eigenvalue weighted by molar-refractivity contribution is 7.91. The zero-order chi connectivity index (χ0) is 23.3. The van der Waals surface area contributed by atoms with Crippen molar-refractivity contribution in [3.05, 3.63) is 83.8 Å². The van der Waals surface area contributed by atoms with E-state index in [0.717, 1.165) is 11.1 Å². The zero-order valence-corrected chi connectivity index (χ0v) is 19.3. The molecule has 0 saturated carbocycles. The number of methoxy groups -OCH3 is 1. The number of carbonyl (C=O) groups is 1. The van der Waals surface area contributed by atoms with E-state index in [0.29, 0.717) is 36.7 Å². The summed E-state index contributed by atoms with van der Waals surface area (Å²) in [7, 11) is -1.75. The summed E-state index contributed by atoms with van der Waals surface area (Å²) in [5.74, 6) is 1.49. The lowest BCUT2D eigenvalue weighted by Gasteiger charge is -2.38. The predicted octanol–water partition coefficient (Wildman–Crippen LogP) is 3.63. The van der Waals surface area contributed by atoms with Crippen molar-refractivity contribution >= 4 is 15.7 Å². The molecule has 174 valence electrons. The third kappa shape index (κ3) is 5.76. The first kappa shape index (κ1) is 22.9. The number of sulfone groups is 1. The molecule has 7 nitrogen and oxygen atoms in total. The second-order valence-corrected chi connectivity index (χ2v) is 10.3. The number of hydrogen-bond donors (Lipinski definition) is 0. The molecule has 0 spiro atoms. The van der Waals surface area contributed by atoms with Crippen LogP contribution in [0.3, 0.4) is 0 Å². The minimum absolute atomic E-state index is 0.0537. The van der Waals surface area contributed by atoms with Gasteiger partial charge in [-0.1, -0.05) is 36.4 Å². The average molecular weight is 470 g/mol. The number of rotatable bonds is 10. The highest BCUT2D eigenvalue weighted by Crippen LogP contribution is 2.30. The van der Waals surface area contributed by atoms with Crippen LogP contribution in [0.4, 0.5) is 0 Å². The van der Waals surface area contributed by atoms with E-state index in [1.807, 2.05) is 48.5 Å². The minimum atomic E-state index is -3.34. The van der Waals surface area contributed by atoms with Crippen LogP contribution in [0.2, 0.25) is 0 Å². The van der Waals surface area contributed by atoms with E-state index in [4.69, 9.17) is 13.9 Å². The van der Waals surface area contributed by atoms with Crippen molar-refractivity contribution in [2.24, 2.45) is 0 Å². The molecule has 1 aliphatic rings. The molecule has 2 heterocycles. The molecule has 4 rings (SSSR count). The maximum Gasteiger partial charge on any atom is 0.222 e. The van der Waals surface area contributed by atoms with E-state index in [-0.39, 0.29) is 24.7 Å². The number of ether oxygens (including phenoxy) is 2. The Hall–Kier alpha value is -3.26. The van der Waals surface area contributed by atoms with E-state index in [9.17, 15) is 13.2 Å². The van der Waals surface area contributed by atoms with Gasteiger partial charge in [-0.05, 0) is 41.8 Å². The standard InChI is InChI=1S/C25H27NO6S/c1-30-23-11-9-19(14-24(23)32-17-20-6-3-2-4-7-20)10-12-25(27)26-15-22(16-26)33(28,29)18-21-8-5-13-31-21/h2-9,11,13-14,22H,10,12,15-18H2,1H3. The first-order valence-electron chi connectivity index (χ1n) is 10.8. The first-order chi connectivity index (χ1) is 15.9. The maximum atomic E-state index is 12.6. The van der Waals surface area contributed by atoms with Gasteiger partial charge in [0.1, 0.15) is 18.1 Å². The van der Waals surface area contributed by atoms with Gasteiger partial charge in [-0.15, -0.1) is 0 Å². The van der Waals surface area contributed by atoms with Crippen LogP contribution < -0.4 is 9.47 Å². The van der Waals surface area contributed by atoms with Crippen molar-refractivity contribution in [1.29, 1.82) is 0 Å². The number of furan rings is 1. The summed E-state index contributed by atoms with van der Waals surface area (Å²) in [6.45, 7) is 0.882. The third-order valence-electron chi connectivity index (χ3n) is 5.72. The van der Waals surface area contributed by atoms with Crippen LogP contribution in [0.25, 0.3) is 0 Å². The second kappa shape index (κ2) is 10.1. The lowest BCUT2D eigenvalue weighted by Crippen LogP contribution is -2.57. The van der Waals surface area contributed by atoms with Gasteiger partial charge in [0.15, 0.2) is 21.3 Å². The number of hydrogen-bond acceptors (Lipinski definition) is 6. The molecule has 1 amide bonds. The maximum absolute atomic E-state index is 12.6. The van der Waals surface area contributed by atoms with Crippen molar-refractivity contribution in [2.75, 3.05) is 20.2 Å². The van der Waals surface area contributed by atoms with Gasteiger partial charge in [-0.25, -0.2) is 8.42 Å². The van der Waals surface area contributed by atoms with E-state index in [2.05, 4.69) is 0 Å². The molecule has 0 bridgehead atoms. The smallest absolute Gasteiger partial charge is 0.222 e. The van der Waals surface area contributed by atoms with Crippen molar-refractivity contribution in [3.63, 3.8) is 0 Å². The molecule has 1 saturated heterocycles. The van der Waals surface area contributed by atoms with E-state index in [1.54, 1.807) is 24.1 Å². The fourth-order valence-electron chi connectivity index (χ4n) is 3.71. The van der Waals surface area contributed by atoms with Gasteiger partial charge >= 0.3 is 0 Å². The number of carbonyl (C=O) groups excluding carboxylic acids is 1. The van der Waals surface area contributed by atoms with E-state index < -0.39 is 15.1 Å². The Balaban J connectivity index is 1.28. The monoisotopic (exact) mass is 469 g/mol. The summed E-state index contributed by atoms with van der Waals surface area (Å²) in [5, 5.41) is -0.537. The highest BCUT2D eigenvalue weighted by atomic mass is 32.2. The molecule has 0 atom stereocenters. The zero-order valence-electron chi connectivity index (χ0n) is 18.5. The normalized spacial score (nSPS) is 14.0. The summed E-state index contributed by atoms with van der Waals surface area (Å²) in [6, 6.07) is 18.8. The van der Waals surface area contributed by atoms with Crippen LogP contribution in [0.15, 0.2) is 71.3 Å². The number of benzene rings is 2. The molecule has 1 aliphatic heterocycles. The van der Waals surface area contributed by atoms with Crippen molar-refractivity contribution < 1.29 is 27.1 Å². The SMILES string of the molecule is COc1ccc(CCC(=O)N2CC(S(=O)(=O)Cc3ccco3)C2)cc1OCc1ccccc1. The van der Waals surface area contributed by atoms with Gasteiger partial charge in [0.2, 0.25) is 5.91 Å². The molecular formula is C25H27NO6S. The van der Waals surface area contributed by atoms with Crippen molar-refractivity contribution in [3.8, 4) is 11.5 Å². The molecule has 0 aliphatic carbocycles. The summed E-state index contributed by atoms with van der Waals surface area (Å²) in [5.41, 5.74) is 2.00. The molecule has 0 N–H and O–H groups in total. The Morgan fingerprint density at radius 3 is 2.52 bits per heavy atom. The Bertz CT molecular complexity index is 1170. The number of aryl methyl sites for hydroxylation is 1. The van der Waals surface area contributed by atoms with Crippen LogP contribution in [0, 0.1) is 0 Å². The lowest BCUT2D eigenvalue weighted by molar-refractivity contribution is -0.134. The van der Waals surface area contributed by atoms with Crippen LogP contribution in [-0.2, 0) is 33.4 Å². The van der Waals surface area contributed by atoms with Gasteiger partial charge in [0.25, 0.3) is 0 Å². The summed E-state index contributed by atoms with van der Waals surface area (Å²) in [4.78, 5) is 14.2. The molecular weight excluding hydrogens is 442 g/mol. The molecule has 0 unspecified atom stereocenters. The first-order valence-corrected chi connectivity index (χ1v) is 12.5. The number of likely N-dealkylation sites (tertiary alicyclic amines) is 1. The fraction of sp³-hybridized carbons (Fsp3) is 0.320. The lowest BCUT2D eigenvalue weighted by atomic mass is 10.1. The fourth-order valence-corrected chi connectivity index (χ4v) is 5.32.